The van der Waals surface area contributed by atoms with Gasteiger partial charge in [0.05, 0.1) is 12.6 Å². The van der Waals surface area contributed by atoms with Gasteiger partial charge in [0.25, 0.3) is 5.56 Å². The van der Waals surface area contributed by atoms with Crippen LogP contribution in [0.15, 0.2) is 57.8 Å². The van der Waals surface area contributed by atoms with E-state index in [4.69, 9.17) is 9.47 Å². The number of hydrogen-bond donors (Lipinski definition) is 0. The summed E-state index contributed by atoms with van der Waals surface area (Å²) < 4.78 is 13.7. The highest BCUT2D eigenvalue weighted by Crippen LogP contribution is 2.27. The van der Waals surface area contributed by atoms with Crippen LogP contribution in [0.5, 0.6) is 11.5 Å². The van der Waals surface area contributed by atoms with Crippen LogP contribution in [0.3, 0.4) is 0 Å². The zero-order chi connectivity index (χ0) is 16.4. The molecule has 0 fully saturated rings. The van der Waals surface area contributed by atoms with Crippen LogP contribution in [-0.2, 0) is 13.7 Å². The van der Waals surface area contributed by atoms with E-state index in [0.717, 1.165) is 26.7 Å². The first-order valence-corrected chi connectivity index (χ1v) is 7.93. The molecule has 0 bridgehead atoms. The number of nitrogens with zero attached hydrogens (tertiary/aromatic N) is 1. The van der Waals surface area contributed by atoms with Crippen molar-refractivity contribution in [2.45, 2.75) is 6.61 Å². The van der Waals surface area contributed by atoms with Crippen molar-refractivity contribution in [1.82, 2.24) is 4.57 Å². The standard InChI is InChI=1S/C18H16BrNO3/c1-20-16-6-4-3-5-14(16)17(10-18(20)21)23-11-12-9-13(22-2)7-8-15(12)19/h3-10H,11H2,1-2H3. The summed E-state index contributed by atoms with van der Waals surface area (Å²) in [4.78, 5) is 12.1. The highest BCUT2D eigenvalue weighted by atomic mass is 79.9. The van der Waals surface area contributed by atoms with E-state index in [-0.39, 0.29) is 5.56 Å². The number of ether oxygens (including phenoxy) is 2. The van der Waals surface area contributed by atoms with Gasteiger partial charge in [-0.1, -0.05) is 28.1 Å². The quantitative estimate of drug-likeness (QED) is 0.696. The number of fused-ring (bicyclic) bond motifs is 1. The molecule has 0 saturated carbocycles. The van der Waals surface area contributed by atoms with Gasteiger partial charge in [0, 0.05) is 28.5 Å². The third kappa shape index (κ3) is 3.10. The third-order valence-electron chi connectivity index (χ3n) is 3.75. The molecule has 0 aliphatic rings. The molecule has 5 heteroatoms. The number of rotatable bonds is 4. The molecule has 0 atom stereocenters. The maximum absolute atomic E-state index is 12.1. The summed E-state index contributed by atoms with van der Waals surface area (Å²) in [7, 11) is 3.38. The maximum Gasteiger partial charge on any atom is 0.254 e. The van der Waals surface area contributed by atoms with Gasteiger partial charge < -0.3 is 14.0 Å². The summed E-state index contributed by atoms with van der Waals surface area (Å²) in [5.41, 5.74) is 1.71. The van der Waals surface area contributed by atoms with E-state index in [1.807, 2.05) is 42.5 Å². The summed E-state index contributed by atoms with van der Waals surface area (Å²) in [6.07, 6.45) is 0. The Kier molecular flexibility index (Phi) is 4.39. The molecule has 23 heavy (non-hydrogen) atoms. The summed E-state index contributed by atoms with van der Waals surface area (Å²) in [5.74, 6) is 1.35. The maximum atomic E-state index is 12.1. The van der Waals surface area contributed by atoms with Gasteiger partial charge in [-0.05, 0) is 30.3 Å². The predicted molar refractivity (Wildman–Crippen MR) is 94.2 cm³/mol. The molecule has 0 aliphatic heterocycles. The smallest absolute Gasteiger partial charge is 0.254 e. The van der Waals surface area contributed by atoms with Crippen molar-refractivity contribution < 1.29 is 9.47 Å². The Hall–Kier alpha value is -2.27. The molecule has 3 rings (SSSR count). The molecule has 2 aromatic carbocycles. The number of benzene rings is 2. The molecular weight excluding hydrogens is 358 g/mol. The Morgan fingerprint density at radius 2 is 1.91 bits per heavy atom. The van der Waals surface area contributed by atoms with E-state index in [1.165, 1.54) is 6.07 Å². The van der Waals surface area contributed by atoms with Crippen LogP contribution in [0, 0.1) is 0 Å². The van der Waals surface area contributed by atoms with Gasteiger partial charge in [0.2, 0.25) is 0 Å². The number of halogens is 1. The Morgan fingerprint density at radius 3 is 2.70 bits per heavy atom. The number of para-hydroxylation sites is 1. The summed E-state index contributed by atoms with van der Waals surface area (Å²) in [5, 5.41) is 0.911. The molecule has 0 amide bonds. The second-order valence-electron chi connectivity index (χ2n) is 5.17. The topological polar surface area (TPSA) is 40.5 Å². The van der Waals surface area contributed by atoms with Crippen LogP contribution in [0.4, 0.5) is 0 Å². The van der Waals surface area contributed by atoms with Crippen LogP contribution in [0.2, 0.25) is 0 Å². The first kappa shape index (κ1) is 15.6. The zero-order valence-corrected chi connectivity index (χ0v) is 14.5. The molecule has 0 saturated heterocycles. The Labute approximate surface area is 142 Å². The third-order valence-corrected chi connectivity index (χ3v) is 4.53. The molecule has 1 heterocycles. The fourth-order valence-electron chi connectivity index (χ4n) is 2.44. The highest BCUT2D eigenvalue weighted by Gasteiger charge is 2.09. The van der Waals surface area contributed by atoms with Gasteiger partial charge in [-0.2, -0.15) is 0 Å². The predicted octanol–water partition coefficient (Wildman–Crippen LogP) is 3.89. The van der Waals surface area contributed by atoms with Gasteiger partial charge in [0.15, 0.2) is 0 Å². The molecule has 118 valence electrons. The van der Waals surface area contributed by atoms with Crippen molar-refractivity contribution >= 4 is 26.8 Å². The number of methoxy groups -OCH3 is 1. The van der Waals surface area contributed by atoms with Crippen LogP contribution < -0.4 is 15.0 Å². The SMILES string of the molecule is COc1ccc(Br)c(COc2cc(=O)n(C)c3ccccc23)c1. The fraction of sp³-hybridized carbons (Fsp3) is 0.167. The molecular formula is C18H16BrNO3. The molecule has 1 aromatic heterocycles. The first-order valence-electron chi connectivity index (χ1n) is 7.14. The minimum Gasteiger partial charge on any atom is -0.497 e. The van der Waals surface area contributed by atoms with Crippen LogP contribution in [0.1, 0.15) is 5.56 Å². The molecule has 0 aliphatic carbocycles. The lowest BCUT2D eigenvalue weighted by molar-refractivity contribution is 0.307. The van der Waals surface area contributed by atoms with E-state index in [1.54, 1.807) is 18.7 Å². The number of pyridine rings is 1. The first-order chi connectivity index (χ1) is 11.1. The van der Waals surface area contributed by atoms with Gasteiger partial charge in [-0.3, -0.25) is 4.79 Å². The van der Waals surface area contributed by atoms with E-state index in [2.05, 4.69) is 15.9 Å². The average Bonchev–Trinajstić information content (AvgIpc) is 2.58. The van der Waals surface area contributed by atoms with E-state index >= 15 is 0 Å². The minimum atomic E-state index is -0.0941. The van der Waals surface area contributed by atoms with Gasteiger partial charge >= 0.3 is 0 Å². The van der Waals surface area contributed by atoms with Crippen molar-refractivity contribution in [1.29, 1.82) is 0 Å². The zero-order valence-electron chi connectivity index (χ0n) is 12.9. The van der Waals surface area contributed by atoms with Crippen molar-refractivity contribution in [3.05, 3.63) is 68.9 Å². The fourth-order valence-corrected chi connectivity index (χ4v) is 2.80. The van der Waals surface area contributed by atoms with Crippen molar-refractivity contribution in [2.24, 2.45) is 7.05 Å². The molecule has 0 N–H and O–H groups in total. The normalized spacial score (nSPS) is 10.7. The van der Waals surface area contributed by atoms with Crippen molar-refractivity contribution in [3.63, 3.8) is 0 Å². The minimum absolute atomic E-state index is 0.0941. The number of aromatic nitrogens is 1. The number of hydrogen-bond acceptors (Lipinski definition) is 3. The van der Waals surface area contributed by atoms with Crippen LogP contribution >= 0.6 is 15.9 Å². The largest absolute Gasteiger partial charge is 0.497 e. The lowest BCUT2D eigenvalue weighted by Crippen LogP contribution is -2.16. The van der Waals surface area contributed by atoms with Crippen LogP contribution in [0.25, 0.3) is 10.9 Å². The highest BCUT2D eigenvalue weighted by molar-refractivity contribution is 9.10. The van der Waals surface area contributed by atoms with E-state index in [9.17, 15) is 4.79 Å². The summed E-state index contributed by atoms with van der Waals surface area (Å²) in [6.45, 7) is 0.342. The second-order valence-corrected chi connectivity index (χ2v) is 6.02. The second kappa shape index (κ2) is 6.46. The molecule has 0 unspecified atom stereocenters. The Bertz CT molecular complexity index is 918. The molecule has 4 nitrogen and oxygen atoms in total. The van der Waals surface area contributed by atoms with Crippen molar-refractivity contribution in [2.75, 3.05) is 7.11 Å². The lowest BCUT2D eigenvalue weighted by Gasteiger charge is -2.13. The van der Waals surface area contributed by atoms with E-state index < -0.39 is 0 Å². The monoisotopic (exact) mass is 373 g/mol. The van der Waals surface area contributed by atoms with E-state index in [0.29, 0.717) is 12.4 Å². The molecule has 0 radical (unpaired) electrons. The Morgan fingerprint density at radius 1 is 1.13 bits per heavy atom. The number of aryl methyl sites for hydroxylation is 1. The van der Waals surface area contributed by atoms with Crippen molar-refractivity contribution in [3.8, 4) is 11.5 Å². The lowest BCUT2D eigenvalue weighted by atomic mass is 10.2. The van der Waals surface area contributed by atoms with Gasteiger partial charge in [0.1, 0.15) is 18.1 Å². The molecule has 0 spiro atoms. The van der Waals surface area contributed by atoms with Gasteiger partial charge in [-0.25, -0.2) is 0 Å². The molecule has 3 aromatic rings. The summed E-state index contributed by atoms with van der Waals surface area (Å²) in [6, 6.07) is 14.9. The Balaban J connectivity index is 1.97. The average molecular weight is 374 g/mol. The summed E-state index contributed by atoms with van der Waals surface area (Å²) >= 11 is 3.51. The van der Waals surface area contributed by atoms with Crippen LogP contribution in [-0.4, -0.2) is 11.7 Å². The van der Waals surface area contributed by atoms with Gasteiger partial charge in [-0.15, -0.1) is 0 Å².